The summed E-state index contributed by atoms with van der Waals surface area (Å²) in [5.74, 6) is 0. The molecule has 26 heavy (non-hydrogen) atoms. The minimum Gasteiger partial charge on any atom is -0.430 e. The van der Waals surface area contributed by atoms with Crippen LogP contribution in [0, 0.1) is 0 Å². The van der Waals surface area contributed by atoms with Gasteiger partial charge in [-0.2, -0.15) is 0 Å². The summed E-state index contributed by atoms with van der Waals surface area (Å²) in [6, 6.07) is 17.7. The van der Waals surface area contributed by atoms with Gasteiger partial charge in [-0.25, -0.2) is 4.79 Å². The summed E-state index contributed by atoms with van der Waals surface area (Å²) in [5, 5.41) is 0. The maximum absolute atomic E-state index is 11.1. The molecule has 0 spiro atoms. The highest BCUT2D eigenvalue weighted by molar-refractivity contribution is 5.65. The Hall–Kier alpha value is -2.33. The van der Waals surface area contributed by atoms with Crippen molar-refractivity contribution in [1.82, 2.24) is 4.90 Å². The van der Waals surface area contributed by atoms with Gasteiger partial charge in [-0.1, -0.05) is 48.5 Å². The van der Waals surface area contributed by atoms with Crippen molar-refractivity contribution in [3.63, 3.8) is 0 Å². The van der Waals surface area contributed by atoms with Gasteiger partial charge >= 0.3 is 6.16 Å². The van der Waals surface area contributed by atoms with Crippen molar-refractivity contribution in [3.8, 4) is 11.1 Å². The monoisotopic (exact) mass is 351 g/mol. The molecule has 0 aliphatic carbocycles. The molecule has 4 heteroatoms. The minimum absolute atomic E-state index is 0.285. The predicted molar refractivity (Wildman–Crippen MR) is 101 cm³/mol. The fourth-order valence-corrected chi connectivity index (χ4v) is 3.84. The summed E-state index contributed by atoms with van der Waals surface area (Å²) in [6.45, 7) is 5.02. The maximum Gasteiger partial charge on any atom is 0.509 e. The Labute approximate surface area is 154 Å². The number of likely N-dealkylation sites (tertiary alicyclic amines) is 1. The molecule has 0 saturated carbocycles. The van der Waals surface area contributed by atoms with Gasteiger partial charge in [-0.15, -0.1) is 0 Å². The van der Waals surface area contributed by atoms with Crippen LogP contribution in [-0.2, 0) is 15.9 Å². The standard InChI is InChI=1S/C22H25NO3/c1-16-3-2-13-23(16)14-12-17-4-6-18(7-5-17)19-8-10-20(11-9-19)21-15-25-22(24)26-21/h4-11,16,21H,2-3,12-15H2,1H3/t16-,21?/m1/s1. The van der Waals surface area contributed by atoms with E-state index in [1.165, 1.54) is 36.1 Å². The van der Waals surface area contributed by atoms with Gasteiger partial charge in [0.15, 0.2) is 6.10 Å². The number of rotatable bonds is 5. The molecular formula is C22H25NO3. The lowest BCUT2D eigenvalue weighted by Gasteiger charge is -2.20. The van der Waals surface area contributed by atoms with Gasteiger partial charge in [-0.05, 0) is 55.0 Å². The number of hydrogen-bond donors (Lipinski definition) is 0. The Bertz CT molecular complexity index is 754. The highest BCUT2D eigenvalue weighted by Gasteiger charge is 2.26. The van der Waals surface area contributed by atoms with Crippen LogP contribution < -0.4 is 0 Å². The molecule has 0 bridgehead atoms. The van der Waals surface area contributed by atoms with E-state index in [1.54, 1.807) is 0 Å². The van der Waals surface area contributed by atoms with Crippen LogP contribution in [0.1, 0.15) is 37.0 Å². The first-order chi connectivity index (χ1) is 12.7. The number of nitrogens with zero attached hydrogens (tertiary/aromatic N) is 1. The normalized spacial score (nSPS) is 23.0. The number of ether oxygens (including phenoxy) is 2. The molecule has 2 saturated heterocycles. The van der Waals surface area contributed by atoms with E-state index in [-0.39, 0.29) is 6.10 Å². The predicted octanol–water partition coefficient (Wildman–Crippen LogP) is 4.59. The second-order valence-corrected chi connectivity index (χ2v) is 7.26. The number of carbonyl (C=O) groups is 1. The third-order valence-corrected chi connectivity index (χ3v) is 5.54. The van der Waals surface area contributed by atoms with Crippen LogP contribution in [0.15, 0.2) is 48.5 Å². The number of cyclic esters (lactones) is 2. The van der Waals surface area contributed by atoms with Gasteiger partial charge < -0.3 is 14.4 Å². The van der Waals surface area contributed by atoms with Crippen molar-refractivity contribution in [1.29, 1.82) is 0 Å². The largest absolute Gasteiger partial charge is 0.509 e. The summed E-state index contributed by atoms with van der Waals surface area (Å²) in [4.78, 5) is 13.6. The molecule has 0 aromatic heterocycles. The van der Waals surface area contributed by atoms with E-state index in [0.717, 1.165) is 24.6 Å². The van der Waals surface area contributed by atoms with E-state index in [4.69, 9.17) is 9.47 Å². The minimum atomic E-state index is -0.585. The zero-order valence-corrected chi connectivity index (χ0v) is 15.2. The van der Waals surface area contributed by atoms with Crippen molar-refractivity contribution < 1.29 is 14.3 Å². The number of benzene rings is 2. The number of hydrogen-bond acceptors (Lipinski definition) is 4. The first-order valence-corrected chi connectivity index (χ1v) is 9.46. The summed E-state index contributed by atoms with van der Waals surface area (Å²) < 4.78 is 9.97. The lowest BCUT2D eigenvalue weighted by molar-refractivity contribution is 0.118. The van der Waals surface area contributed by atoms with Crippen molar-refractivity contribution in [2.45, 2.75) is 38.3 Å². The van der Waals surface area contributed by atoms with E-state index in [0.29, 0.717) is 6.61 Å². The molecule has 2 heterocycles. The third kappa shape index (κ3) is 3.75. The molecule has 0 N–H and O–H groups in total. The summed E-state index contributed by atoms with van der Waals surface area (Å²) in [5.41, 5.74) is 4.73. The summed E-state index contributed by atoms with van der Waals surface area (Å²) >= 11 is 0. The fraction of sp³-hybridized carbons (Fsp3) is 0.409. The molecule has 2 aliphatic heterocycles. The Kier molecular flexibility index (Phi) is 4.93. The SMILES string of the molecule is C[C@@H]1CCCN1CCc1ccc(-c2ccc(C3COC(=O)O3)cc2)cc1. The van der Waals surface area contributed by atoms with Crippen LogP contribution in [0.4, 0.5) is 4.79 Å². The summed E-state index contributed by atoms with van der Waals surface area (Å²) in [6.07, 6.45) is 2.91. The molecule has 4 nitrogen and oxygen atoms in total. The van der Waals surface area contributed by atoms with Crippen LogP contribution in [0.3, 0.4) is 0 Å². The zero-order chi connectivity index (χ0) is 17.9. The van der Waals surface area contributed by atoms with Crippen LogP contribution in [0.25, 0.3) is 11.1 Å². The van der Waals surface area contributed by atoms with E-state index in [1.807, 2.05) is 12.1 Å². The van der Waals surface area contributed by atoms with Crippen LogP contribution in [0.2, 0.25) is 0 Å². The second-order valence-electron chi connectivity index (χ2n) is 7.26. The van der Waals surface area contributed by atoms with E-state index in [9.17, 15) is 4.79 Å². The van der Waals surface area contributed by atoms with Gasteiger partial charge in [0.25, 0.3) is 0 Å². The average Bonchev–Trinajstić information content (AvgIpc) is 3.29. The van der Waals surface area contributed by atoms with Crippen LogP contribution >= 0.6 is 0 Å². The molecule has 4 rings (SSSR count). The van der Waals surface area contributed by atoms with Gasteiger partial charge in [-0.3, -0.25) is 0 Å². The van der Waals surface area contributed by atoms with E-state index in [2.05, 4.69) is 48.2 Å². The van der Waals surface area contributed by atoms with Gasteiger partial charge in [0.2, 0.25) is 0 Å². The molecule has 2 aliphatic rings. The topological polar surface area (TPSA) is 38.8 Å². The third-order valence-electron chi connectivity index (χ3n) is 5.54. The lowest BCUT2D eigenvalue weighted by atomic mass is 10.0. The van der Waals surface area contributed by atoms with E-state index < -0.39 is 6.16 Å². The lowest BCUT2D eigenvalue weighted by Crippen LogP contribution is -2.28. The van der Waals surface area contributed by atoms with Crippen molar-refractivity contribution in [2.75, 3.05) is 19.7 Å². The van der Waals surface area contributed by atoms with E-state index >= 15 is 0 Å². The van der Waals surface area contributed by atoms with Crippen LogP contribution in [-0.4, -0.2) is 36.8 Å². The second kappa shape index (κ2) is 7.50. The zero-order valence-electron chi connectivity index (χ0n) is 15.2. The highest BCUT2D eigenvalue weighted by Crippen LogP contribution is 2.27. The Morgan fingerprint density at radius 1 is 1.04 bits per heavy atom. The average molecular weight is 351 g/mol. The molecule has 0 radical (unpaired) electrons. The van der Waals surface area contributed by atoms with Crippen molar-refractivity contribution in [2.24, 2.45) is 0 Å². The highest BCUT2D eigenvalue weighted by atomic mass is 16.8. The van der Waals surface area contributed by atoms with Crippen LogP contribution in [0.5, 0.6) is 0 Å². The molecule has 2 fully saturated rings. The molecule has 1 unspecified atom stereocenters. The molecule has 2 aromatic carbocycles. The van der Waals surface area contributed by atoms with Crippen molar-refractivity contribution in [3.05, 3.63) is 59.7 Å². The molecule has 2 aromatic rings. The first-order valence-electron chi connectivity index (χ1n) is 9.46. The fourth-order valence-electron chi connectivity index (χ4n) is 3.84. The summed E-state index contributed by atoms with van der Waals surface area (Å²) in [7, 11) is 0. The Morgan fingerprint density at radius 2 is 1.73 bits per heavy atom. The quantitative estimate of drug-likeness (QED) is 0.739. The van der Waals surface area contributed by atoms with Crippen molar-refractivity contribution >= 4 is 6.16 Å². The smallest absolute Gasteiger partial charge is 0.430 e. The van der Waals surface area contributed by atoms with Gasteiger partial charge in [0.05, 0.1) is 0 Å². The number of carbonyl (C=O) groups excluding carboxylic acids is 1. The first kappa shape index (κ1) is 17.1. The molecule has 2 atom stereocenters. The molecular weight excluding hydrogens is 326 g/mol. The Morgan fingerprint density at radius 3 is 2.31 bits per heavy atom. The maximum atomic E-state index is 11.1. The Balaban J connectivity index is 1.38. The molecule has 0 amide bonds. The van der Waals surface area contributed by atoms with Gasteiger partial charge in [0.1, 0.15) is 6.61 Å². The van der Waals surface area contributed by atoms with Gasteiger partial charge in [0, 0.05) is 12.6 Å². The molecule has 136 valence electrons.